The molecular weight excluding hydrogens is 550 g/mol. The van der Waals surface area contributed by atoms with Crippen molar-refractivity contribution in [2.24, 2.45) is 0 Å². The minimum Gasteiger partial charge on any atom is -0.485 e. The maximum Gasteiger partial charge on any atom is 0.414 e. The molecule has 1 amide bonds. The molecule has 4 N–H and O–H groups in total. The van der Waals surface area contributed by atoms with E-state index in [9.17, 15) is 4.79 Å². The molecule has 2 fully saturated rings. The molecular formula is C25H32ClN5O9. The van der Waals surface area contributed by atoms with Crippen molar-refractivity contribution in [3.8, 4) is 23.0 Å². The van der Waals surface area contributed by atoms with E-state index in [1.54, 1.807) is 6.07 Å². The minimum atomic E-state index is -1.82. The number of benzene rings is 1. The third kappa shape index (κ3) is 6.67. The molecule has 40 heavy (non-hydrogen) atoms. The van der Waals surface area contributed by atoms with E-state index in [1.807, 2.05) is 11.8 Å². The summed E-state index contributed by atoms with van der Waals surface area (Å²) in [4.78, 5) is 34.5. The average molecular weight is 582 g/mol. The molecule has 15 heteroatoms. The lowest BCUT2D eigenvalue weighted by Gasteiger charge is -2.41. The van der Waals surface area contributed by atoms with Crippen LogP contribution in [0.25, 0.3) is 11.5 Å². The Hall–Kier alpha value is -3.78. The number of amides is 1. The van der Waals surface area contributed by atoms with Crippen LogP contribution in [0.4, 0.5) is 10.5 Å². The van der Waals surface area contributed by atoms with Gasteiger partial charge in [0.15, 0.2) is 11.5 Å². The lowest BCUT2D eigenvalue weighted by atomic mass is 9.93. The zero-order valence-corrected chi connectivity index (χ0v) is 22.8. The summed E-state index contributed by atoms with van der Waals surface area (Å²) < 4.78 is 22.7. The summed E-state index contributed by atoms with van der Waals surface area (Å²) in [5.41, 5.74) is 6.99. The molecule has 0 spiro atoms. The van der Waals surface area contributed by atoms with E-state index in [0.29, 0.717) is 65.4 Å². The normalized spacial score (nSPS) is 18.0. The molecule has 3 aliphatic rings. The van der Waals surface area contributed by atoms with Crippen molar-refractivity contribution in [2.45, 2.75) is 44.6 Å². The van der Waals surface area contributed by atoms with Crippen molar-refractivity contribution in [3.63, 3.8) is 0 Å². The van der Waals surface area contributed by atoms with Gasteiger partial charge in [0.1, 0.15) is 13.2 Å². The summed E-state index contributed by atoms with van der Waals surface area (Å²) in [5.74, 6) is -1.54. The zero-order valence-electron chi connectivity index (χ0n) is 22.0. The highest BCUT2D eigenvalue weighted by molar-refractivity contribution is 6.34. The standard InChI is InChI=1S/C23H30ClN5O5.C2H2O4/c1-2-31-23(30)29-9-5-15(6-10-29)28-7-3-14(4-8-28)21-26-27-22(34-21)16-13-17(24)18(25)20-19(16)32-11-12-33-20;3-1(4)2(5)6/h13-15H,2-12,25H2,1H3;(H,3,4)(H,5,6). The largest absolute Gasteiger partial charge is 0.485 e. The number of fused-ring (bicyclic) bond motifs is 1. The number of piperidine rings is 2. The van der Waals surface area contributed by atoms with Crippen molar-refractivity contribution in [1.82, 2.24) is 20.0 Å². The Labute approximate surface area is 234 Å². The van der Waals surface area contributed by atoms with Crippen LogP contribution in [0.15, 0.2) is 10.5 Å². The summed E-state index contributed by atoms with van der Waals surface area (Å²) in [5, 5.41) is 23.8. The first-order valence-electron chi connectivity index (χ1n) is 13.0. The first kappa shape index (κ1) is 29.2. The number of hydrogen-bond acceptors (Lipinski definition) is 11. The number of likely N-dealkylation sites (tertiary alicyclic amines) is 2. The van der Waals surface area contributed by atoms with Crippen LogP contribution < -0.4 is 15.2 Å². The summed E-state index contributed by atoms with van der Waals surface area (Å²) in [6.45, 7) is 6.50. The molecule has 0 bridgehead atoms. The third-order valence-corrected chi connectivity index (χ3v) is 7.35. The van der Waals surface area contributed by atoms with Crippen LogP contribution >= 0.6 is 11.6 Å². The Morgan fingerprint density at radius 3 is 2.25 bits per heavy atom. The number of nitrogens with two attached hydrogens (primary N) is 1. The SMILES string of the molecule is CCOC(=O)N1CCC(N2CCC(c3nnc(-c4cc(Cl)c(N)c5c4OCCO5)o3)CC2)CC1.O=C(O)C(=O)O. The van der Waals surface area contributed by atoms with Crippen molar-refractivity contribution < 1.29 is 43.2 Å². The van der Waals surface area contributed by atoms with Crippen molar-refractivity contribution >= 4 is 35.3 Å². The third-order valence-electron chi connectivity index (χ3n) is 7.04. The maximum absolute atomic E-state index is 11.9. The molecule has 0 atom stereocenters. The molecule has 0 unspecified atom stereocenters. The van der Waals surface area contributed by atoms with E-state index in [1.165, 1.54) is 0 Å². The first-order valence-corrected chi connectivity index (χ1v) is 13.4. The molecule has 0 aliphatic carbocycles. The van der Waals surface area contributed by atoms with E-state index in [0.717, 1.165) is 51.9 Å². The quantitative estimate of drug-likeness (QED) is 0.353. The molecule has 14 nitrogen and oxygen atoms in total. The lowest BCUT2D eigenvalue weighted by Crippen LogP contribution is -2.48. The van der Waals surface area contributed by atoms with Crippen molar-refractivity contribution in [2.75, 3.05) is 51.7 Å². The summed E-state index contributed by atoms with van der Waals surface area (Å²) >= 11 is 6.30. The van der Waals surface area contributed by atoms with Gasteiger partial charge in [-0.2, -0.15) is 0 Å². The van der Waals surface area contributed by atoms with Crippen LogP contribution in [0, 0.1) is 0 Å². The maximum atomic E-state index is 11.9. The van der Waals surface area contributed by atoms with Gasteiger partial charge in [0.05, 0.1) is 22.9 Å². The first-order chi connectivity index (χ1) is 19.2. The Morgan fingerprint density at radius 2 is 1.65 bits per heavy atom. The van der Waals surface area contributed by atoms with Gasteiger partial charge in [-0.25, -0.2) is 14.4 Å². The number of aromatic nitrogens is 2. The van der Waals surface area contributed by atoms with Gasteiger partial charge in [0, 0.05) is 25.0 Å². The summed E-state index contributed by atoms with van der Waals surface area (Å²) in [7, 11) is 0. The Kier molecular flexibility index (Phi) is 9.53. The number of anilines is 1. The second-order valence-electron chi connectivity index (χ2n) is 9.46. The van der Waals surface area contributed by atoms with E-state index >= 15 is 0 Å². The number of carbonyl (C=O) groups excluding carboxylic acids is 1. The van der Waals surface area contributed by atoms with Gasteiger partial charge >= 0.3 is 18.0 Å². The number of carboxylic acids is 2. The monoisotopic (exact) mass is 581 g/mol. The molecule has 1 aromatic heterocycles. The molecule has 0 saturated carbocycles. The van der Waals surface area contributed by atoms with Crippen molar-refractivity contribution in [3.05, 3.63) is 17.0 Å². The van der Waals surface area contributed by atoms with Gasteiger partial charge in [0.25, 0.3) is 5.89 Å². The number of hydrogen-bond donors (Lipinski definition) is 3. The number of nitrogen functional groups attached to an aromatic ring is 1. The van der Waals surface area contributed by atoms with Gasteiger partial charge in [-0.3, -0.25) is 0 Å². The highest BCUT2D eigenvalue weighted by atomic mass is 35.5. The highest BCUT2D eigenvalue weighted by Crippen LogP contribution is 2.47. The topological polar surface area (TPSA) is 191 Å². The average Bonchev–Trinajstić information content (AvgIpc) is 3.46. The van der Waals surface area contributed by atoms with E-state index in [2.05, 4.69) is 15.1 Å². The molecule has 3 aliphatic heterocycles. The minimum absolute atomic E-state index is 0.201. The van der Waals surface area contributed by atoms with E-state index < -0.39 is 11.9 Å². The number of nitrogens with zero attached hydrogens (tertiary/aromatic N) is 4. The molecule has 1 aromatic carbocycles. The van der Waals surface area contributed by atoms with Gasteiger partial charge < -0.3 is 44.4 Å². The Bertz CT molecular complexity index is 1210. The van der Waals surface area contributed by atoms with Gasteiger partial charge in [0.2, 0.25) is 5.89 Å². The highest BCUT2D eigenvalue weighted by Gasteiger charge is 2.33. The number of carbonyl (C=O) groups is 3. The van der Waals surface area contributed by atoms with E-state index in [-0.39, 0.29) is 12.0 Å². The fourth-order valence-electron chi connectivity index (χ4n) is 5.00. The molecule has 2 saturated heterocycles. The lowest BCUT2D eigenvalue weighted by molar-refractivity contribution is -0.159. The summed E-state index contributed by atoms with van der Waals surface area (Å²) in [6.07, 6.45) is 3.63. The molecule has 5 rings (SSSR count). The van der Waals surface area contributed by atoms with E-state index in [4.69, 9.17) is 55.8 Å². The molecule has 218 valence electrons. The van der Waals surface area contributed by atoms with Gasteiger partial charge in [-0.05, 0) is 51.8 Å². The number of rotatable bonds is 4. The Balaban J connectivity index is 0.000000557. The number of halogens is 1. The second-order valence-corrected chi connectivity index (χ2v) is 9.87. The van der Waals surface area contributed by atoms with Gasteiger partial charge in [-0.15, -0.1) is 10.2 Å². The van der Waals surface area contributed by atoms with Gasteiger partial charge in [-0.1, -0.05) is 11.6 Å². The van der Waals surface area contributed by atoms with Crippen LogP contribution in [0.5, 0.6) is 11.5 Å². The second kappa shape index (κ2) is 13.0. The molecule has 2 aromatic rings. The molecule has 0 radical (unpaired) electrons. The smallest absolute Gasteiger partial charge is 0.414 e. The van der Waals surface area contributed by atoms with Crippen molar-refractivity contribution in [1.29, 1.82) is 0 Å². The predicted molar refractivity (Wildman–Crippen MR) is 141 cm³/mol. The van der Waals surface area contributed by atoms with Crippen LogP contribution in [0.2, 0.25) is 5.02 Å². The van der Waals surface area contributed by atoms with Crippen LogP contribution in [0.3, 0.4) is 0 Å². The van der Waals surface area contributed by atoms with Crippen LogP contribution in [-0.2, 0) is 14.3 Å². The zero-order chi connectivity index (χ0) is 28.8. The Morgan fingerprint density at radius 1 is 1.02 bits per heavy atom. The number of ether oxygens (including phenoxy) is 3. The fraction of sp³-hybridized carbons (Fsp3) is 0.560. The van der Waals surface area contributed by atoms with Crippen LogP contribution in [0.1, 0.15) is 44.4 Å². The van der Waals surface area contributed by atoms with Crippen LogP contribution in [-0.4, -0.2) is 100 Å². The number of carboxylic acid groups (broad SMARTS) is 2. The summed E-state index contributed by atoms with van der Waals surface area (Å²) in [6, 6.07) is 2.18. The fourth-order valence-corrected chi connectivity index (χ4v) is 5.20. The molecule has 4 heterocycles. The predicted octanol–water partition coefficient (Wildman–Crippen LogP) is 2.70. The number of aliphatic carboxylic acids is 2.